The van der Waals surface area contributed by atoms with E-state index in [-0.39, 0.29) is 17.7 Å². The van der Waals surface area contributed by atoms with Crippen LogP contribution in [0.15, 0.2) is 54.6 Å². The van der Waals surface area contributed by atoms with Crippen molar-refractivity contribution in [1.29, 1.82) is 0 Å². The number of hydrogen-bond donors (Lipinski definition) is 2. The third-order valence-corrected chi connectivity index (χ3v) is 4.55. The lowest BCUT2D eigenvalue weighted by Crippen LogP contribution is -2.47. The van der Waals surface area contributed by atoms with E-state index in [1.54, 1.807) is 17.0 Å². The van der Waals surface area contributed by atoms with Crippen LogP contribution in [0.2, 0.25) is 0 Å². The van der Waals surface area contributed by atoms with Crippen molar-refractivity contribution in [3.8, 4) is 5.75 Å². The Morgan fingerprint density at radius 2 is 1.96 bits per heavy atom. The van der Waals surface area contributed by atoms with Crippen molar-refractivity contribution in [1.82, 2.24) is 10.3 Å². The van der Waals surface area contributed by atoms with Crippen LogP contribution in [0.3, 0.4) is 0 Å². The molecule has 1 heterocycles. The van der Waals surface area contributed by atoms with Gasteiger partial charge in [-0.3, -0.25) is 15.0 Å². The lowest BCUT2D eigenvalue weighted by molar-refractivity contribution is -0.126. The number of piperidine rings is 1. The van der Waals surface area contributed by atoms with Crippen molar-refractivity contribution in [2.24, 2.45) is 11.8 Å². The number of amides is 2. The summed E-state index contributed by atoms with van der Waals surface area (Å²) in [6.45, 7) is 1.47. The first kappa shape index (κ1) is 17.9. The normalized spacial score (nSPS) is 16.8. The highest BCUT2D eigenvalue weighted by Gasteiger charge is 2.28. The fraction of sp³-hybridized carbons (Fsp3) is 0.300. The lowest BCUT2D eigenvalue weighted by Gasteiger charge is -2.31. The molecule has 1 unspecified atom stereocenters. The Morgan fingerprint density at radius 1 is 1.15 bits per heavy atom. The first-order valence-electron chi connectivity index (χ1n) is 8.74. The van der Waals surface area contributed by atoms with Gasteiger partial charge in [-0.25, -0.2) is 5.84 Å². The Kier molecular flexibility index (Phi) is 5.86. The monoisotopic (exact) mass is 353 g/mol. The van der Waals surface area contributed by atoms with Gasteiger partial charge < -0.3 is 9.64 Å². The van der Waals surface area contributed by atoms with Crippen molar-refractivity contribution >= 4 is 11.8 Å². The van der Waals surface area contributed by atoms with E-state index in [1.165, 1.54) is 0 Å². The molecule has 1 saturated heterocycles. The zero-order valence-corrected chi connectivity index (χ0v) is 14.6. The lowest BCUT2D eigenvalue weighted by atomic mass is 9.96. The first-order valence-corrected chi connectivity index (χ1v) is 8.74. The summed E-state index contributed by atoms with van der Waals surface area (Å²) >= 11 is 0. The summed E-state index contributed by atoms with van der Waals surface area (Å²) in [4.78, 5) is 26.2. The van der Waals surface area contributed by atoms with Gasteiger partial charge in [0.25, 0.3) is 5.91 Å². The fourth-order valence-corrected chi connectivity index (χ4v) is 3.14. The number of carbonyl (C=O) groups excluding carboxylic acids is 2. The zero-order chi connectivity index (χ0) is 18.4. The summed E-state index contributed by atoms with van der Waals surface area (Å²) in [5.74, 6) is 5.30. The van der Waals surface area contributed by atoms with E-state index in [0.29, 0.717) is 31.0 Å². The molecule has 2 aromatic rings. The first-order chi connectivity index (χ1) is 12.7. The van der Waals surface area contributed by atoms with Crippen LogP contribution in [0.5, 0.6) is 5.75 Å². The highest BCUT2D eigenvalue weighted by atomic mass is 16.5. The van der Waals surface area contributed by atoms with Crippen molar-refractivity contribution < 1.29 is 14.3 Å². The van der Waals surface area contributed by atoms with Gasteiger partial charge in [0.15, 0.2) is 0 Å². The molecule has 0 bridgehead atoms. The number of hydrazine groups is 1. The maximum atomic E-state index is 12.8. The molecule has 1 aliphatic heterocycles. The van der Waals surface area contributed by atoms with E-state index >= 15 is 0 Å². The van der Waals surface area contributed by atoms with E-state index in [4.69, 9.17) is 10.6 Å². The number of hydrogen-bond acceptors (Lipinski definition) is 4. The molecule has 0 saturated carbocycles. The van der Waals surface area contributed by atoms with E-state index < -0.39 is 0 Å². The SMILES string of the molecule is NNC(=O)C1CCCN(C(=O)c2cccc(OCc3ccccc3)c2)C1. The molecule has 26 heavy (non-hydrogen) atoms. The molecule has 6 nitrogen and oxygen atoms in total. The third kappa shape index (κ3) is 4.40. The molecule has 3 rings (SSSR count). The number of carbonyl (C=O) groups is 2. The predicted molar refractivity (Wildman–Crippen MR) is 98.2 cm³/mol. The summed E-state index contributed by atoms with van der Waals surface area (Å²) in [6, 6.07) is 17.0. The van der Waals surface area contributed by atoms with Gasteiger partial charge in [-0.15, -0.1) is 0 Å². The van der Waals surface area contributed by atoms with Crippen molar-refractivity contribution in [2.75, 3.05) is 13.1 Å². The molecular formula is C20H23N3O3. The summed E-state index contributed by atoms with van der Waals surface area (Å²) in [6.07, 6.45) is 1.53. The Balaban J connectivity index is 1.65. The maximum Gasteiger partial charge on any atom is 0.254 e. The van der Waals surface area contributed by atoms with Gasteiger partial charge in [-0.05, 0) is 36.6 Å². The van der Waals surface area contributed by atoms with Crippen LogP contribution in [0, 0.1) is 5.92 Å². The van der Waals surface area contributed by atoms with Gasteiger partial charge in [-0.1, -0.05) is 36.4 Å². The number of nitrogens with zero attached hydrogens (tertiary/aromatic N) is 1. The van der Waals surface area contributed by atoms with Gasteiger partial charge in [0, 0.05) is 18.7 Å². The van der Waals surface area contributed by atoms with E-state index in [0.717, 1.165) is 18.4 Å². The van der Waals surface area contributed by atoms with Gasteiger partial charge >= 0.3 is 0 Å². The zero-order valence-electron chi connectivity index (χ0n) is 14.6. The number of likely N-dealkylation sites (tertiary alicyclic amines) is 1. The predicted octanol–water partition coefficient (Wildman–Crippen LogP) is 2.11. The standard InChI is InChI=1S/C20H23N3O3/c21-22-19(24)17-9-5-11-23(13-17)20(25)16-8-4-10-18(12-16)26-14-15-6-2-1-3-7-15/h1-4,6-8,10,12,17H,5,9,11,13-14,21H2,(H,22,24). The van der Waals surface area contributed by atoms with E-state index in [9.17, 15) is 9.59 Å². The van der Waals surface area contributed by atoms with Crippen LogP contribution in [0.25, 0.3) is 0 Å². The Labute approximate surface area is 152 Å². The second-order valence-corrected chi connectivity index (χ2v) is 6.40. The third-order valence-electron chi connectivity index (χ3n) is 4.55. The largest absolute Gasteiger partial charge is 0.489 e. The number of rotatable bonds is 5. The van der Waals surface area contributed by atoms with Gasteiger partial charge in [-0.2, -0.15) is 0 Å². The van der Waals surface area contributed by atoms with Crippen LogP contribution < -0.4 is 16.0 Å². The van der Waals surface area contributed by atoms with Gasteiger partial charge in [0.2, 0.25) is 5.91 Å². The summed E-state index contributed by atoms with van der Waals surface area (Å²) in [7, 11) is 0. The van der Waals surface area contributed by atoms with Gasteiger partial charge in [0.1, 0.15) is 12.4 Å². The second kappa shape index (κ2) is 8.49. The van der Waals surface area contributed by atoms with Crippen molar-refractivity contribution in [2.45, 2.75) is 19.4 Å². The molecule has 3 N–H and O–H groups in total. The molecule has 0 aromatic heterocycles. The molecule has 1 aliphatic rings. The molecule has 6 heteroatoms. The number of nitrogens with one attached hydrogen (secondary N) is 1. The average Bonchev–Trinajstić information content (AvgIpc) is 2.72. The van der Waals surface area contributed by atoms with E-state index in [2.05, 4.69) is 5.43 Å². The fourth-order valence-electron chi connectivity index (χ4n) is 3.14. The Bertz CT molecular complexity index is 764. The topological polar surface area (TPSA) is 84.7 Å². The average molecular weight is 353 g/mol. The molecular weight excluding hydrogens is 330 g/mol. The molecule has 0 spiro atoms. The molecule has 136 valence electrons. The van der Waals surface area contributed by atoms with Crippen molar-refractivity contribution in [3.63, 3.8) is 0 Å². The van der Waals surface area contributed by atoms with Crippen LogP contribution in [-0.2, 0) is 11.4 Å². The molecule has 0 radical (unpaired) electrons. The molecule has 2 amide bonds. The number of ether oxygens (including phenoxy) is 1. The summed E-state index contributed by atoms with van der Waals surface area (Å²) in [5, 5.41) is 0. The van der Waals surface area contributed by atoms with Crippen LogP contribution in [-0.4, -0.2) is 29.8 Å². The highest BCUT2D eigenvalue weighted by molar-refractivity contribution is 5.95. The minimum absolute atomic E-state index is 0.0929. The van der Waals surface area contributed by atoms with Crippen molar-refractivity contribution in [3.05, 3.63) is 65.7 Å². The smallest absolute Gasteiger partial charge is 0.254 e. The number of benzene rings is 2. The molecule has 2 aromatic carbocycles. The minimum Gasteiger partial charge on any atom is -0.489 e. The number of nitrogens with two attached hydrogens (primary N) is 1. The molecule has 1 atom stereocenters. The Hall–Kier alpha value is -2.86. The minimum atomic E-state index is -0.254. The molecule has 0 aliphatic carbocycles. The summed E-state index contributed by atoms with van der Waals surface area (Å²) < 4.78 is 5.80. The molecule has 1 fully saturated rings. The maximum absolute atomic E-state index is 12.8. The Morgan fingerprint density at radius 3 is 2.73 bits per heavy atom. The van der Waals surface area contributed by atoms with Crippen LogP contribution >= 0.6 is 0 Å². The second-order valence-electron chi connectivity index (χ2n) is 6.40. The van der Waals surface area contributed by atoms with Gasteiger partial charge in [0.05, 0.1) is 5.92 Å². The van der Waals surface area contributed by atoms with Crippen LogP contribution in [0.1, 0.15) is 28.8 Å². The van der Waals surface area contributed by atoms with Crippen LogP contribution in [0.4, 0.5) is 0 Å². The summed E-state index contributed by atoms with van der Waals surface area (Å²) in [5.41, 5.74) is 3.80. The quantitative estimate of drug-likeness (QED) is 0.490. The van der Waals surface area contributed by atoms with E-state index in [1.807, 2.05) is 42.5 Å². The highest BCUT2D eigenvalue weighted by Crippen LogP contribution is 2.21.